The van der Waals surface area contributed by atoms with E-state index in [4.69, 9.17) is 4.18 Å². The largest absolute Gasteiger partial charge is 0.378 e. The first-order valence-electron chi connectivity index (χ1n) is 12.8. The molecule has 7 heteroatoms. The van der Waals surface area contributed by atoms with E-state index in [-0.39, 0.29) is 16.7 Å². The highest BCUT2D eigenvalue weighted by atomic mass is 79.9. The molecule has 6 rings (SSSR count). The topological polar surface area (TPSA) is 67.8 Å². The van der Waals surface area contributed by atoms with E-state index in [0.29, 0.717) is 17.4 Å². The summed E-state index contributed by atoms with van der Waals surface area (Å²) in [5.74, 6) is 1.12. The maximum Gasteiger partial charge on any atom is 0.339 e. The van der Waals surface area contributed by atoms with Crippen molar-refractivity contribution < 1.29 is 12.6 Å². The summed E-state index contributed by atoms with van der Waals surface area (Å²) < 4.78 is 32.1. The van der Waals surface area contributed by atoms with Crippen molar-refractivity contribution >= 4 is 43.6 Å². The van der Waals surface area contributed by atoms with Crippen molar-refractivity contribution in [3.05, 3.63) is 130 Å². The number of para-hydroxylation sites is 1. The van der Waals surface area contributed by atoms with Crippen LogP contribution in [0.25, 0.3) is 0 Å². The third-order valence-corrected chi connectivity index (χ3v) is 9.10. The van der Waals surface area contributed by atoms with Crippen molar-refractivity contribution in [2.24, 2.45) is 10.9 Å². The normalized spacial score (nSPS) is 19.9. The van der Waals surface area contributed by atoms with E-state index in [1.807, 2.05) is 19.1 Å². The molecule has 3 atom stereocenters. The molecule has 0 saturated heterocycles. The highest BCUT2D eigenvalue weighted by Gasteiger charge is 2.37. The minimum atomic E-state index is -3.98. The van der Waals surface area contributed by atoms with Gasteiger partial charge >= 0.3 is 10.1 Å². The lowest BCUT2D eigenvalue weighted by Gasteiger charge is -2.37. The van der Waals surface area contributed by atoms with Crippen molar-refractivity contribution in [2.45, 2.75) is 30.2 Å². The quantitative estimate of drug-likeness (QED) is 0.138. The first-order valence-corrected chi connectivity index (χ1v) is 15.0. The molecule has 39 heavy (non-hydrogen) atoms. The number of nitrogens with zero attached hydrogens (tertiary/aromatic N) is 1. The Morgan fingerprint density at radius 1 is 0.974 bits per heavy atom. The van der Waals surface area contributed by atoms with E-state index >= 15 is 0 Å². The number of nitrogens with one attached hydrogen (secondary N) is 1. The molecular formula is C32H27BrN2O3S. The molecule has 0 aromatic heterocycles. The molecule has 0 fully saturated rings. The molecule has 196 valence electrons. The summed E-state index contributed by atoms with van der Waals surface area (Å²) in [5.41, 5.74) is 6.07. The lowest BCUT2D eigenvalue weighted by Crippen LogP contribution is -2.28. The molecule has 1 N–H and O–H groups in total. The Kier molecular flexibility index (Phi) is 6.87. The van der Waals surface area contributed by atoms with E-state index in [9.17, 15) is 8.42 Å². The van der Waals surface area contributed by atoms with Crippen molar-refractivity contribution in [2.75, 3.05) is 5.32 Å². The number of hydrogen-bond acceptors (Lipinski definition) is 5. The van der Waals surface area contributed by atoms with Gasteiger partial charge in [-0.2, -0.15) is 8.42 Å². The summed E-state index contributed by atoms with van der Waals surface area (Å²) in [6.07, 6.45) is 7.31. The molecule has 0 spiro atoms. The Hall–Kier alpha value is -3.68. The maximum absolute atomic E-state index is 12.9. The number of benzene rings is 4. The number of rotatable bonds is 6. The molecule has 1 heterocycles. The van der Waals surface area contributed by atoms with Gasteiger partial charge in [0.15, 0.2) is 5.75 Å². The van der Waals surface area contributed by atoms with Crippen LogP contribution in [-0.2, 0) is 10.1 Å². The molecule has 0 radical (unpaired) electrons. The zero-order valence-electron chi connectivity index (χ0n) is 21.3. The van der Waals surface area contributed by atoms with Gasteiger partial charge in [0.25, 0.3) is 0 Å². The van der Waals surface area contributed by atoms with Crippen molar-refractivity contribution in [1.82, 2.24) is 0 Å². The van der Waals surface area contributed by atoms with E-state index in [1.165, 1.54) is 16.8 Å². The number of halogens is 1. The van der Waals surface area contributed by atoms with E-state index in [2.05, 4.69) is 74.8 Å². The average molecular weight is 600 g/mol. The molecule has 4 aromatic rings. The van der Waals surface area contributed by atoms with Gasteiger partial charge in [0.05, 0.1) is 11.7 Å². The molecule has 1 aliphatic heterocycles. The second-order valence-electron chi connectivity index (χ2n) is 9.95. The van der Waals surface area contributed by atoms with Crippen LogP contribution < -0.4 is 9.50 Å². The maximum atomic E-state index is 12.9. The summed E-state index contributed by atoms with van der Waals surface area (Å²) in [4.78, 5) is 4.73. The standard InChI is InChI=1S/C32H27BrN2O3S/c1-21-9-16-26(17-10-21)39(36,37)38-31-18-13-24(33)19-23(31)20-34-25-14-11-22(12-15-25)32-29-7-4-6-27(29)28-5-2-3-8-30(28)35-32/h2-6,8-20,27,29,32,35H,7H2,1H3/t27-,29+,32+/m1/s1. The van der Waals surface area contributed by atoms with Crippen LogP contribution in [-0.4, -0.2) is 14.6 Å². The average Bonchev–Trinajstić information content (AvgIpc) is 3.44. The van der Waals surface area contributed by atoms with E-state index in [0.717, 1.165) is 22.1 Å². The fourth-order valence-corrected chi connectivity index (χ4v) is 6.69. The summed E-state index contributed by atoms with van der Waals surface area (Å²) in [6, 6.07) is 28.7. The molecule has 1 aliphatic carbocycles. The minimum Gasteiger partial charge on any atom is -0.378 e. The third kappa shape index (κ3) is 5.29. The van der Waals surface area contributed by atoms with Gasteiger partial charge in [-0.05, 0) is 78.9 Å². The van der Waals surface area contributed by atoms with Gasteiger partial charge in [-0.3, -0.25) is 4.99 Å². The number of anilines is 1. The van der Waals surface area contributed by atoms with Crippen molar-refractivity contribution in [1.29, 1.82) is 0 Å². The Morgan fingerprint density at radius 2 is 1.74 bits per heavy atom. The lowest BCUT2D eigenvalue weighted by atomic mass is 9.77. The molecule has 4 aromatic carbocycles. The predicted octanol–water partition coefficient (Wildman–Crippen LogP) is 8.10. The van der Waals surface area contributed by atoms with Crippen LogP contribution in [0.2, 0.25) is 0 Å². The number of aliphatic imine (C=N–C) groups is 1. The smallest absolute Gasteiger partial charge is 0.339 e. The highest BCUT2D eigenvalue weighted by molar-refractivity contribution is 9.10. The Labute approximate surface area is 237 Å². The van der Waals surface area contributed by atoms with Crippen LogP contribution in [0.5, 0.6) is 5.75 Å². The number of allylic oxidation sites excluding steroid dienone is 2. The number of fused-ring (bicyclic) bond motifs is 3. The first kappa shape index (κ1) is 25.6. The van der Waals surface area contributed by atoms with E-state index in [1.54, 1.807) is 48.7 Å². The van der Waals surface area contributed by atoms with Crippen LogP contribution in [0.15, 0.2) is 118 Å². The summed E-state index contributed by atoms with van der Waals surface area (Å²) >= 11 is 3.46. The van der Waals surface area contributed by atoms with Gasteiger partial charge in [0.1, 0.15) is 4.90 Å². The second kappa shape index (κ2) is 10.5. The van der Waals surface area contributed by atoms with Crippen LogP contribution in [0.4, 0.5) is 11.4 Å². The van der Waals surface area contributed by atoms with Crippen molar-refractivity contribution in [3.63, 3.8) is 0 Å². The Bertz CT molecular complexity index is 1680. The number of aryl methyl sites for hydroxylation is 1. The third-order valence-electron chi connectivity index (χ3n) is 7.36. The van der Waals surface area contributed by atoms with Crippen LogP contribution >= 0.6 is 15.9 Å². The van der Waals surface area contributed by atoms with Gasteiger partial charge in [-0.25, -0.2) is 0 Å². The summed E-state index contributed by atoms with van der Waals surface area (Å²) in [6.45, 7) is 1.90. The number of hydrogen-bond donors (Lipinski definition) is 1. The van der Waals surface area contributed by atoms with Crippen LogP contribution in [0.3, 0.4) is 0 Å². The zero-order valence-corrected chi connectivity index (χ0v) is 23.7. The van der Waals surface area contributed by atoms with Crippen LogP contribution in [0, 0.1) is 12.8 Å². The second-order valence-corrected chi connectivity index (χ2v) is 12.4. The van der Waals surface area contributed by atoms with E-state index < -0.39 is 10.1 Å². The molecule has 0 unspecified atom stereocenters. The fourth-order valence-electron chi connectivity index (χ4n) is 5.35. The van der Waals surface area contributed by atoms with Gasteiger partial charge < -0.3 is 9.50 Å². The lowest BCUT2D eigenvalue weighted by molar-refractivity contribution is 0.425. The first-order chi connectivity index (χ1) is 18.9. The highest BCUT2D eigenvalue weighted by Crippen LogP contribution is 2.49. The minimum absolute atomic E-state index is 0.105. The summed E-state index contributed by atoms with van der Waals surface area (Å²) in [7, 11) is -3.98. The fraction of sp³-hybridized carbons (Fsp3) is 0.156. The Morgan fingerprint density at radius 3 is 2.54 bits per heavy atom. The molecule has 0 bridgehead atoms. The van der Waals surface area contributed by atoms with Gasteiger partial charge in [0.2, 0.25) is 0 Å². The molecule has 0 amide bonds. The predicted molar refractivity (Wildman–Crippen MR) is 160 cm³/mol. The van der Waals surface area contributed by atoms with Crippen LogP contribution in [0.1, 0.15) is 40.6 Å². The summed E-state index contributed by atoms with van der Waals surface area (Å²) in [5, 5.41) is 3.76. The molecule has 2 aliphatic rings. The molecular weight excluding hydrogens is 572 g/mol. The monoisotopic (exact) mass is 598 g/mol. The zero-order chi connectivity index (χ0) is 27.0. The molecule has 0 saturated carbocycles. The van der Waals surface area contributed by atoms with Gasteiger partial charge in [-0.15, -0.1) is 0 Å². The van der Waals surface area contributed by atoms with Gasteiger partial charge in [0, 0.05) is 27.9 Å². The molecule has 5 nitrogen and oxygen atoms in total. The van der Waals surface area contributed by atoms with Crippen molar-refractivity contribution in [3.8, 4) is 5.75 Å². The van der Waals surface area contributed by atoms with Gasteiger partial charge in [-0.1, -0.05) is 76.1 Å². The SMILES string of the molecule is Cc1ccc(S(=O)(=O)Oc2ccc(Br)cc2C=Nc2ccc([C@@H]3Nc4ccccc4[C@H]4C=CC[C@@H]43)cc2)cc1. The Balaban J connectivity index is 1.23.